The Bertz CT molecular complexity index is 590. The molecular weight excluding hydrogens is 316 g/mol. The molecule has 0 spiro atoms. The number of carbonyl (C=O) groups excluding carboxylic acids is 2. The number of benzene rings is 1. The molecule has 1 aromatic rings. The molecule has 1 heterocycles. The van der Waals surface area contributed by atoms with Gasteiger partial charge in [0.05, 0.1) is 6.42 Å². The molecule has 0 atom stereocenters. The van der Waals surface area contributed by atoms with Gasteiger partial charge in [0, 0.05) is 50.9 Å². The van der Waals surface area contributed by atoms with Crippen molar-refractivity contribution < 1.29 is 9.59 Å². The summed E-state index contributed by atoms with van der Waals surface area (Å²) in [6, 6.07) is 7.94. The maximum absolute atomic E-state index is 12.1. The summed E-state index contributed by atoms with van der Waals surface area (Å²) < 4.78 is 0. The van der Waals surface area contributed by atoms with E-state index in [2.05, 4.69) is 27.5 Å². The summed E-state index contributed by atoms with van der Waals surface area (Å²) in [5.74, 6) is 0.115. The molecule has 1 saturated carbocycles. The third kappa shape index (κ3) is 6.14. The summed E-state index contributed by atoms with van der Waals surface area (Å²) in [7, 11) is 2.13. The van der Waals surface area contributed by atoms with Crippen molar-refractivity contribution in [2.45, 2.75) is 31.7 Å². The second-order valence-electron chi connectivity index (χ2n) is 7.16. The average molecular weight is 344 g/mol. The van der Waals surface area contributed by atoms with E-state index in [-0.39, 0.29) is 11.8 Å². The zero-order valence-electron chi connectivity index (χ0n) is 15.0. The Balaban J connectivity index is 1.38. The van der Waals surface area contributed by atoms with Crippen LogP contribution in [0.5, 0.6) is 0 Å². The highest BCUT2D eigenvalue weighted by molar-refractivity contribution is 5.90. The molecule has 25 heavy (non-hydrogen) atoms. The van der Waals surface area contributed by atoms with Crippen molar-refractivity contribution in [2.75, 3.05) is 45.1 Å². The summed E-state index contributed by atoms with van der Waals surface area (Å²) in [6.07, 6.45) is 3.11. The van der Waals surface area contributed by atoms with Crippen molar-refractivity contribution >= 4 is 17.5 Å². The van der Waals surface area contributed by atoms with Crippen LogP contribution >= 0.6 is 0 Å². The van der Waals surface area contributed by atoms with Gasteiger partial charge in [-0.3, -0.25) is 9.59 Å². The summed E-state index contributed by atoms with van der Waals surface area (Å²) in [5.41, 5.74) is 1.75. The lowest BCUT2D eigenvalue weighted by Crippen LogP contribution is -2.45. The molecule has 1 aliphatic heterocycles. The largest absolute Gasteiger partial charge is 0.353 e. The molecule has 3 rings (SSSR count). The van der Waals surface area contributed by atoms with E-state index in [1.54, 1.807) is 0 Å². The van der Waals surface area contributed by atoms with E-state index in [0.29, 0.717) is 18.9 Å². The molecule has 1 aliphatic carbocycles. The summed E-state index contributed by atoms with van der Waals surface area (Å²) >= 11 is 0. The van der Waals surface area contributed by atoms with Crippen LogP contribution in [0.1, 0.15) is 24.8 Å². The molecule has 6 nitrogen and oxygen atoms in total. The first-order valence-corrected chi connectivity index (χ1v) is 9.17. The lowest BCUT2D eigenvalue weighted by atomic mass is 10.1. The van der Waals surface area contributed by atoms with Gasteiger partial charge in [0.15, 0.2) is 0 Å². The number of piperazine rings is 1. The molecule has 2 aliphatic rings. The predicted molar refractivity (Wildman–Crippen MR) is 98.5 cm³/mol. The van der Waals surface area contributed by atoms with Gasteiger partial charge in [-0.05, 0) is 37.6 Å². The minimum Gasteiger partial charge on any atom is -0.353 e. The van der Waals surface area contributed by atoms with Crippen molar-refractivity contribution in [3.05, 3.63) is 29.8 Å². The Labute approximate surface area is 149 Å². The van der Waals surface area contributed by atoms with Crippen LogP contribution in [-0.2, 0) is 16.0 Å². The molecule has 6 heteroatoms. The number of anilines is 1. The smallest absolute Gasteiger partial charge is 0.225 e. The number of rotatable bonds is 7. The van der Waals surface area contributed by atoms with Crippen LogP contribution < -0.4 is 10.6 Å². The van der Waals surface area contributed by atoms with E-state index in [4.69, 9.17) is 0 Å². The zero-order chi connectivity index (χ0) is 17.6. The van der Waals surface area contributed by atoms with Crippen molar-refractivity contribution in [3.8, 4) is 0 Å². The molecule has 2 fully saturated rings. The molecule has 136 valence electrons. The van der Waals surface area contributed by atoms with E-state index < -0.39 is 0 Å². The Kier molecular flexibility index (Phi) is 6.04. The maximum atomic E-state index is 12.1. The van der Waals surface area contributed by atoms with Gasteiger partial charge in [-0.25, -0.2) is 0 Å². The second kappa shape index (κ2) is 8.45. The van der Waals surface area contributed by atoms with Crippen molar-refractivity contribution in [1.82, 2.24) is 15.1 Å². The highest BCUT2D eigenvalue weighted by Gasteiger charge is 2.23. The van der Waals surface area contributed by atoms with Crippen molar-refractivity contribution in [1.29, 1.82) is 0 Å². The zero-order valence-corrected chi connectivity index (χ0v) is 15.0. The fourth-order valence-corrected chi connectivity index (χ4v) is 2.95. The number of nitrogens with zero attached hydrogens (tertiary/aromatic N) is 2. The minimum absolute atomic E-state index is 0.0400. The lowest BCUT2D eigenvalue weighted by Gasteiger charge is -2.32. The van der Waals surface area contributed by atoms with Crippen LogP contribution in [0.25, 0.3) is 0 Å². The van der Waals surface area contributed by atoms with Crippen LogP contribution in [0, 0.1) is 0 Å². The monoisotopic (exact) mass is 344 g/mol. The molecule has 0 aromatic heterocycles. The Hall–Kier alpha value is -1.92. The standard InChI is InChI=1S/C19H28N4O2/c1-22-10-12-23(13-11-22)9-8-18(24)20-16-4-2-15(3-5-16)14-19(25)21-17-6-7-17/h2-5,17H,6-14H2,1H3,(H,20,24)(H,21,25). The fraction of sp³-hybridized carbons (Fsp3) is 0.579. The van der Waals surface area contributed by atoms with Gasteiger partial charge in [0.25, 0.3) is 0 Å². The average Bonchev–Trinajstić information content (AvgIpc) is 3.40. The quantitative estimate of drug-likeness (QED) is 0.777. The van der Waals surface area contributed by atoms with Crippen LogP contribution in [0.2, 0.25) is 0 Å². The fourth-order valence-electron chi connectivity index (χ4n) is 2.95. The van der Waals surface area contributed by atoms with Crippen LogP contribution in [0.3, 0.4) is 0 Å². The maximum Gasteiger partial charge on any atom is 0.225 e. The molecule has 1 saturated heterocycles. The molecule has 0 radical (unpaired) electrons. The number of nitrogens with one attached hydrogen (secondary N) is 2. The number of amides is 2. The van der Waals surface area contributed by atoms with Gasteiger partial charge in [0.1, 0.15) is 0 Å². The number of carbonyl (C=O) groups is 2. The third-order valence-electron chi connectivity index (χ3n) is 4.80. The van der Waals surface area contributed by atoms with Crippen molar-refractivity contribution in [2.24, 2.45) is 0 Å². The van der Waals surface area contributed by atoms with Gasteiger partial charge in [-0.2, -0.15) is 0 Å². The highest BCUT2D eigenvalue weighted by atomic mass is 16.2. The number of hydrogen-bond acceptors (Lipinski definition) is 4. The molecular formula is C19H28N4O2. The molecule has 2 N–H and O–H groups in total. The SMILES string of the molecule is CN1CCN(CCC(=O)Nc2ccc(CC(=O)NC3CC3)cc2)CC1. The van der Waals surface area contributed by atoms with Crippen LogP contribution in [-0.4, -0.2) is 67.4 Å². The van der Waals surface area contributed by atoms with E-state index in [0.717, 1.165) is 56.8 Å². The minimum atomic E-state index is 0.0400. The van der Waals surface area contributed by atoms with Crippen LogP contribution in [0.4, 0.5) is 5.69 Å². The molecule has 2 amide bonds. The lowest BCUT2D eigenvalue weighted by molar-refractivity contribution is -0.120. The first kappa shape index (κ1) is 17.9. The Morgan fingerprint density at radius 1 is 1.04 bits per heavy atom. The summed E-state index contributed by atoms with van der Waals surface area (Å²) in [5, 5.41) is 5.92. The van der Waals surface area contributed by atoms with E-state index in [9.17, 15) is 9.59 Å². The molecule has 1 aromatic carbocycles. The number of hydrogen-bond donors (Lipinski definition) is 2. The van der Waals surface area contributed by atoms with Gasteiger partial charge in [-0.15, -0.1) is 0 Å². The van der Waals surface area contributed by atoms with Gasteiger partial charge < -0.3 is 20.4 Å². The highest BCUT2D eigenvalue weighted by Crippen LogP contribution is 2.19. The van der Waals surface area contributed by atoms with Gasteiger partial charge in [0.2, 0.25) is 11.8 Å². The number of likely N-dealkylation sites (N-methyl/N-ethyl adjacent to an activating group) is 1. The second-order valence-corrected chi connectivity index (χ2v) is 7.16. The summed E-state index contributed by atoms with van der Waals surface area (Å²) in [6.45, 7) is 5.00. The normalized spacial score (nSPS) is 18.8. The Morgan fingerprint density at radius 2 is 1.72 bits per heavy atom. The van der Waals surface area contributed by atoms with Crippen LogP contribution in [0.15, 0.2) is 24.3 Å². The van der Waals surface area contributed by atoms with E-state index in [1.165, 1.54) is 0 Å². The Morgan fingerprint density at radius 3 is 2.36 bits per heavy atom. The first-order chi connectivity index (χ1) is 12.1. The van der Waals surface area contributed by atoms with E-state index in [1.807, 2.05) is 24.3 Å². The molecule has 0 bridgehead atoms. The van der Waals surface area contributed by atoms with Gasteiger partial charge in [-0.1, -0.05) is 12.1 Å². The predicted octanol–water partition coefficient (Wildman–Crippen LogP) is 1.08. The van der Waals surface area contributed by atoms with Gasteiger partial charge >= 0.3 is 0 Å². The third-order valence-corrected chi connectivity index (χ3v) is 4.80. The van der Waals surface area contributed by atoms with E-state index >= 15 is 0 Å². The van der Waals surface area contributed by atoms with Crippen molar-refractivity contribution in [3.63, 3.8) is 0 Å². The topological polar surface area (TPSA) is 64.7 Å². The first-order valence-electron chi connectivity index (χ1n) is 9.17. The summed E-state index contributed by atoms with van der Waals surface area (Å²) in [4.78, 5) is 28.5. The molecule has 0 unspecified atom stereocenters.